The van der Waals surface area contributed by atoms with Gasteiger partial charge in [0.05, 0.1) is 28.9 Å². The Morgan fingerprint density at radius 2 is 2.00 bits per heavy atom. The molecule has 0 unspecified atom stereocenters. The van der Waals surface area contributed by atoms with Crippen LogP contribution >= 0.6 is 0 Å². The lowest BCUT2D eigenvalue weighted by Gasteiger charge is -2.16. The predicted molar refractivity (Wildman–Crippen MR) is 162 cm³/mol. The van der Waals surface area contributed by atoms with Crippen molar-refractivity contribution in [2.45, 2.75) is 59.0 Å². The molecule has 0 saturated carbocycles. The van der Waals surface area contributed by atoms with Crippen LogP contribution in [0.3, 0.4) is 0 Å². The number of benzene rings is 2. The Morgan fingerprint density at radius 3 is 2.81 bits per heavy atom. The first kappa shape index (κ1) is 27.8. The van der Waals surface area contributed by atoms with Gasteiger partial charge in [0.15, 0.2) is 0 Å². The molecule has 0 aliphatic carbocycles. The van der Waals surface area contributed by atoms with E-state index >= 15 is 0 Å². The van der Waals surface area contributed by atoms with Gasteiger partial charge in [-0.2, -0.15) is 5.10 Å². The number of aromatic amines is 1. The first-order valence-corrected chi connectivity index (χ1v) is 14.6. The van der Waals surface area contributed by atoms with E-state index in [0.717, 1.165) is 87.7 Å². The number of nitrogens with one attached hydrogen (secondary N) is 1. The quantitative estimate of drug-likeness (QED) is 0.214. The third-order valence-corrected chi connectivity index (χ3v) is 8.29. The fourth-order valence-corrected chi connectivity index (χ4v) is 6.35. The molecular formula is C34H35FN4O3. The molecule has 216 valence electrons. The van der Waals surface area contributed by atoms with Crippen molar-refractivity contribution in [1.82, 2.24) is 19.7 Å². The molecule has 5 aromatic rings. The van der Waals surface area contributed by atoms with E-state index in [9.17, 15) is 14.3 Å². The van der Waals surface area contributed by atoms with Crippen molar-refractivity contribution in [3.8, 4) is 16.9 Å². The summed E-state index contributed by atoms with van der Waals surface area (Å²) in [7, 11) is 2.11. The fourth-order valence-electron chi connectivity index (χ4n) is 6.35. The van der Waals surface area contributed by atoms with Crippen molar-refractivity contribution < 1.29 is 19.0 Å². The first-order chi connectivity index (χ1) is 20.4. The number of fused-ring (bicyclic) bond motifs is 3. The lowest BCUT2D eigenvalue weighted by atomic mass is 9.95. The van der Waals surface area contributed by atoms with Gasteiger partial charge in [-0.05, 0) is 82.3 Å². The number of hydrogen-bond acceptors (Lipinski definition) is 4. The van der Waals surface area contributed by atoms with Crippen LogP contribution in [0.15, 0.2) is 36.4 Å². The molecule has 42 heavy (non-hydrogen) atoms. The number of aryl methyl sites for hydroxylation is 3. The van der Waals surface area contributed by atoms with Crippen LogP contribution in [0.25, 0.3) is 32.8 Å². The van der Waals surface area contributed by atoms with E-state index in [1.54, 1.807) is 6.07 Å². The molecular weight excluding hydrogens is 531 g/mol. The Labute approximate surface area is 244 Å². The van der Waals surface area contributed by atoms with Crippen LogP contribution < -0.4 is 4.74 Å². The monoisotopic (exact) mass is 566 g/mol. The van der Waals surface area contributed by atoms with Crippen LogP contribution in [-0.2, 0) is 25.9 Å². The van der Waals surface area contributed by atoms with Crippen molar-refractivity contribution >= 4 is 27.6 Å². The number of halogens is 1. The third-order valence-electron chi connectivity index (χ3n) is 8.29. The van der Waals surface area contributed by atoms with E-state index in [0.29, 0.717) is 37.4 Å². The lowest BCUT2D eigenvalue weighted by molar-refractivity contribution is 0.0684. The van der Waals surface area contributed by atoms with E-state index in [1.807, 2.05) is 29.7 Å². The molecule has 2 aromatic heterocycles. The molecule has 1 aliphatic rings. The van der Waals surface area contributed by atoms with Gasteiger partial charge in [0.2, 0.25) is 0 Å². The highest BCUT2D eigenvalue weighted by Gasteiger charge is 2.28. The Kier molecular flexibility index (Phi) is 7.61. The summed E-state index contributed by atoms with van der Waals surface area (Å²) in [6.07, 6.45) is 3.69. The minimum absolute atomic E-state index is 0.286. The van der Waals surface area contributed by atoms with Gasteiger partial charge in [0, 0.05) is 40.7 Å². The maximum Gasteiger partial charge on any atom is 0.352 e. The van der Waals surface area contributed by atoms with Crippen LogP contribution in [0, 0.1) is 24.9 Å². The Balaban J connectivity index is 1.41. The first-order valence-electron chi connectivity index (χ1n) is 14.6. The van der Waals surface area contributed by atoms with Gasteiger partial charge < -0.3 is 19.3 Å². The molecule has 0 bridgehead atoms. The van der Waals surface area contributed by atoms with Crippen LogP contribution in [0.2, 0.25) is 0 Å². The zero-order valence-corrected chi connectivity index (χ0v) is 24.3. The van der Waals surface area contributed by atoms with Crippen LogP contribution in [0.4, 0.5) is 4.39 Å². The van der Waals surface area contributed by atoms with Gasteiger partial charge in [0.25, 0.3) is 0 Å². The third kappa shape index (κ3) is 4.99. The highest BCUT2D eigenvalue weighted by molar-refractivity contribution is 6.04. The van der Waals surface area contributed by atoms with Gasteiger partial charge in [-0.1, -0.05) is 31.2 Å². The summed E-state index contributed by atoms with van der Waals surface area (Å²) in [5.41, 5.74) is 6.96. The number of carbonyl (C=O) groups is 1. The lowest BCUT2D eigenvalue weighted by Crippen LogP contribution is -2.20. The number of aromatic carboxylic acids is 1. The number of carboxylic acids is 1. The summed E-state index contributed by atoms with van der Waals surface area (Å²) in [5, 5.41) is 20.9. The molecule has 8 heteroatoms. The second-order valence-corrected chi connectivity index (χ2v) is 11.2. The van der Waals surface area contributed by atoms with Gasteiger partial charge >= 0.3 is 5.97 Å². The van der Waals surface area contributed by atoms with E-state index in [-0.39, 0.29) is 5.82 Å². The molecule has 0 radical (unpaired) electrons. The zero-order valence-electron chi connectivity index (χ0n) is 24.3. The summed E-state index contributed by atoms with van der Waals surface area (Å²) >= 11 is 0. The number of carboxylic acid groups (broad SMARTS) is 1. The molecule has 0 amide bonds. The molecule has 6 rings (SSSR count). The van der Waals surface area contributed by atoms with Crippen molar-refractivity contribution in [1.29, 1.82) is 0 Å². The SMILES string of the molecule is CCc1n[nH]c2c1-c1c(C)c#cc3c(CCCOc4cccc5cc(F)ccc45)c(C(=O)O)n(c13)CCCCN(C)C2. The van der Waals surface area contributed by atoms with Gasteiger partial charge in [0.1, 0.15) is 17.3 Å². The predicted octanol–water partition coefficient (Wildman–Crippen LogP) is 6.73. The molecule has 1 aliphatic heterocycles. The molecule has 0 saturated heterocycles. The number of aromatic nitrogens is 3. The van der Waals surface area contributed by atoms with Crippen molar-refractivity contribution in [3.63, 3.8) is 0 Å². The number of hydrogen-bond donors (Lipinski definition) is 2. The Hall–Kier alpha value is -4.35. The zero-order chi connectivity index (χ0) is 29.4. The average molecular weight is 567 g/mol. The maximum atomic E-state index is 13.7. The molecule has 3 aromatic carbocycles. The Bertz CT molecular complexity index is 1790. The van der Waals surface area contributed by atoms with Crippen LogP contribution in [0.1, 0.15) is 59.2 Å². The van der Waals surface area contributed by atoms with E-state index in [2.05, 4.69) is 41.2 Å². The topological polar surface area (TPSA) is 83.4 Å². The average Bonchev–Trinajstić information content (AvgIpc) is 3.50. The number of nitrogens with zero attached hydrogens (tertiary/aromatic N) is 3. The van der Waals surface area contributed by atoms with Gasteiger partial charge in [-0.15, -0.1) is 0 Å². The standard InChI is InChI=1S/C34H35FN4O3/c1-4-27-31-28(37-36-27)20-38(3)16-5-6-17-39-32-26(14-12-21(2)30(31)32)25(33(39)34(40)41)10-8-18-42-29-11-7-9-22-19-23(35)13-15-24(22)29/h7,9,11,13,15,19H,4-6,8,10,16-18,20H2,1-3H3,(H,36,37)(H,40,41). The van der Waals surface area contributed by atoms with E-state index < -0.39 is 5.97 Å². The number of ether oxygens (including phenoxy) is 1. The van der Waals surface area contributed by atoms with Crippen molar-refractivity contribution in [2.75, 3.05) is 20.2 Å². The highest BCUT2D eigenvalue weighted by Crippen LogP contribution is 2.39. The van der Waals surface area contributed by atoms with E-state index in [4.69, 9.17) is 4.74 Å². The molecule has 0 fully saturated rings. The minimum atomic E-state index is -0.940. The summed E-state index contributed by atoms with van der Waals surface area (Å²) in [6, 6.07) is 16.9. The number of H-pyrrole nitrogens is 1. The maximum absolute atomic E-state index is 13.7. The normalized spacial score (nSPS) is 14.0. The minimum Gasteiger partial charge on any atom is -0.493 e. The molecule has 0 atom stereocenters. The molecule has 3 heterocycles. The van der Waals surface area contributed by atoms with Crippen molar-refractivity contribution in [3.05, 3.63) is 82.6 Å². The molecule has 2 N–H and O–H groups in total. The molecule has 7 nitrogen and oxygen atoms in total. The van der Waals surface area contributed by atoms with Gasteiger partial charge in [-0.25, -0.2) is 9.18 Å². The Morgan fingerprint density at radius 1 is 1.17 bits per heavy atom. The highest BCUT2D eigenvalue weighted by atomic mass is 19.1. The molecule has 0 spiro atoms. The summed E-state index contributed by atoms with van der Waals surface area (Å²) in [5.74, 6) is -0.540. The summed E-state index contributed by atoms with van der Waals surface area (Å²) in [4.78, 5) is 15.2. The summed E-state index contributed by atoms with van der Waals surface area (Å²) in [6.45, 7) is 6.75. The number of rotatable bonds is 7. The van der Waals surface area contributed by atoms with E-state index in [1.165, 1.54) is 12.1 Å². The fraction of sp³-hybridized carbons (Fsp3) is 0.353. The van der Waals surface area contributed by atoms with Crippen LogP contribution in [0.5, 0.6) is 5.75 Å². The van der Waals surface area contributed by atoms with Crippen LogP contribution in [-0.4, -0.2) is 50.9 Å². The van der Waals surface area contributed by atoms with Crippen molar-refractivity contribution in [2.24, 2.45) is 0 Å². The largest absolute Gasteiger partial charge is 0.493 e. The van der Waals surface area contributed by atoms with Gasteiger partial charge in [-0.3, -0.25) is 5.10 Å². The second kappa shape index (κ2) is 11.5. The summed E-state index contributed by atoms with van der Waals surface area (Å²) < 4.78 is 21.9. The second-order valence-electron chi connectivity index (χ2n) is 11.2. The smallest absolute Gasteiger partial charge is 0.352 e.